The second-order valence-corrected chi connectivity index (χ2v) is 4.51. The number of hydrogen-bond donors (Lipinski definition) is 0. The summed E-state index contributed by atoms with van der Waals surface area (Å²) in [6, 6.07) is 0. The lowest BCUT2D eigenvalue weighted by Crippen LogP contribution is -2.54. The summed E-state index contributed by atoms with van der Waals surface area (Å²) in [7, 11) is -6.90. The van der Waals surface area contributed by atoms with Crippen LogP contribution in [-0.4, -0.2) is 36.7 Å². The Labute approximate surface area is 93.3 Å². The minimum Gasteiger partial charge on any atom is -0.747 e. The van der Waals surface area contributed by atoms with E-state index in [9.17, 15) is 52.5 Å². The molecule has 0 radical (unpaired) electrons. The van der Waals surface area contributed by atoms with E-state index in [1.54, 1.807) is 0 Å². The molecule has 110 valence electrons. The lowest BCUT2D eigenvalue weighted by atomic mass is 10.0. The standard InChI is InChI=1S/C5H3F9O3S/c6-3(7,8)1(4(9,10)11)2(5(12,13)14)18(15,16)17/h1-2H,(H,15,16,17)/p-1. The van der Waals surface area contributed by atoms with Gasteiger partial charge in [0.05, 0.1) is 0 Å². The van der Waals surface area contributed by atoms with Crippen LogP contribution in [0.15, 0.2) is 0 Å². The fourth-order valence-electron chi connectivity index (χ4n) is 1.05. The van der Waals surface area contributed by atoms with Crippen molar-refractivity contribution < 1.29 is 52.5 Å². The molecule has 0 bridgehead atoms. The molecule has 0 rings (SSSR count). The van der Waals surface area contributed by atoms with Crippen molar-refractivity contribution >= 4 is 10.1 Å². The summed E-state index contributed by atoms with van der Waals surface area (Å²) in [5.41, 5.74) is 0. The summed E-state index contributed by atoms with van der Waals surface area (Å²) in [5.74, 6) is -5.33. The number of hydrogen-bond acceptors (Lipinski definition) is 3. The third-order valence-electron chi connectivity index (χ3n) is 1.64. The predicted molar refractivity (Wildman–Crippen MR) is 35.1 cm³/mol. The Bertz CT molecular complexity index is 374. The smallest absolute Gasteiger partial charge is 0.405 e. The molecule has 0 aliphatic carbocycles. The quantitative estimate of drug-likeness (QED) is 0.580. The van der Waals surface area contributed by atoms with E-state index in [2.05, 4.69) is 0 Å². The van der Waals surface area contributed by atoms with E-state index in [1.807, 2.05) is 0 Å². The second kappa shape index (κ2) is 4.43. The first-order chi connectivity index (χ1) is 7.49. The van der Waals surface area contributed by atoms with Crippen molar-refractivity contribution in [3.8, 4) is 0 Å². The van der Waals surface area contributed by atoms with E-state index >= 15 is 0 Å². The van der Waals surface area contributed by atoms with Crippen LogP contribution in [0, 0.1) is 5.92 Å². The van der Waals surface area contributed by atoms with Gasteiger partial charge in [-0.1, -0.05) is 0 Å². The molecular weight excluding hydrogens is 311 g/mol. The van der Waals surface area contributed by atoms with Crippen molar-refractivity contribution in [2.24, 2.45) is 5.92 Å². The van der Waals surface area contributed by atoms with Gasteiger partial charge < -0.3 is 4.55 Å². The average Bonchev–Trinajstić information content (AvgIpc) is 1.89. The fraction of sp³-hybridized carbons (Fsp3) is 1.00. The van der Waals surface area contributed by atoms with E-state index in [0.717, 1.165) is 0 Å². The molecule has 0 aromatic heterocycles. The third kappa shape index (κ3) is 4.19. The molecular formula is C5H2F9O3S-. The van der Waals surface area contributed by atoms with Crippen LogP contribution in [-0.2, 0) is 10.1 Å². The molecule has 0 saturated carbocycles. The Morgan fingerprint density at radius 3 is 1.06 bits per heavy atom. The summed E-state index contributed by atoms with van der Waals surface area (Å²) in [6.07, 6.45) is -19.7. The van der Waals surface area contributed by atoms with Crippen molar-refractivity contribution in [1.29, 1.82) is 0 Å². The van der Waals surface area contributed by atoms with Crippen LogP contribution in [0.3, 0.4) is 0 Å². The van der Waals surface area contributed by atoms with E-state index in [4.69, 9.17) is 0 Å². The Hall–Kier alpha value is -0.720. The Morgan fingerprint density at radius 2 is 1.00 bits per heavy atom. The van der Waals surface area contributed by atoms with Gasteiger partial charge in [-0.05, 0) is 0 Å². The number of halogens is 9. The fourth-order valence-corrected chi connectivity index (χ4v) is 2.02. The molecule has 0 aromatic carbocycles. The van der Waals surface area contributed by atoms with Crippen LogP contribution in [0.5, 0.6) is 0 Å². The number of alkyl halides is 9. The second-order valence-electron chi connectivity index (χ2n) is 3.02. The Morgan fingerprint density at radius 1 is 0.722 bits per heavy atom. The van der Waals surface area contributed by atoms with Crippen molar-refractivity contribution in [2.75, 3.05) is 0 Å². The Balaban J connectivity index is 6.01. The van der Waals surface area contributed by atoms with Crippen LogP contribution in [0.2, 0.25) is 0 Å². The van der Waals surface area contributed by atoms with Crippen LogP contribution in [0.1, 0.15) is 0 Å². The summed E-state index contributed by atoms with van der Waals surface area (Å²) in [4.78, 5) is 0. The number of rotatable bonds is 2. The first-order valence-corrected chi connectivity index (χ1v) is 5.11. The molecule has 0 spiro atoms. The highest BCUT2D eigenvalue weighted by Gasteiger charge is 2.68. The third-order valence-corrected chi connectivity index (χ3v) is 2.80. The minimum atomic E-state index is -6.90. The molecule has 0 N–H and O–H groups in total. The predicted octanol–water partition coefficient (Wildman–Crippen LogP) is 2.20. The zero-order valence-electron chi connectivity index (χ0n) is 7.69. The van der Waals surface area contributed by atoms with Crippen molar-refractivity contribution in [3.05, 3.63) is 0 Å². The maximum atomic E-state index is 11.9. The topological polar surface area (TPSA) is 57.2 Å². The Kier molecular flexibility index (Phi) is 4.26. The van der Waals surface area contributed by atoms with Gasteiger partial charge in [-0.15, -0.1) is 0 Å². The van der Waals surface area contributed by atoms with Crippen molar-refractivity contribution in [2.45, 2.75) is 23.8 Å². The van der Waals surface area contributed by atoms with Gasteiger partial charge in [-0.2, -0.15) is 39.5 Å². The SMILES string of the molecule is O=S(=O)([O-])C(C(C(F)(F)F)C(F)(F)F)C(F)(F)F. The summed E-state index contributed by atoms with van der Waals surface area (Å²) < 4.78 is 137. The maximum Gasteiger partial charge on any atom is 0.405 e. The first-order valence-electron chi connectivity index (χ1n) is 3.64. The highest BCUT2D eigenvalue weighted by molar-refractivity contribution is 7.86. The molecule has 0 amide bonds. The molecule has 13 heteroatoms. The van der Waals surface area contributed by atoms with Gasteiger partial charge in [0.2, 0.25) is 0 Å². The molecule has 0 saturated heterocycles. The normalized spacial score (nSPS) is 17.1. The molecule has 0 heterocycles. The molecule has 0 aromatic rings. The summed E-state index contributed by atoms with van der Waals surface area (Å²) in [6.45, 7) is 0. The van der Waals surface area contributed by atoms with Gasteiger partial charge in [0.1, 0.15) is 10.1 Å². The molecule has 1 atom stereocenters. The molecule has 0 fully saturated rings. The largest absolute Gasteiger partial charge is 0.747 e. The maximum absolute atomic E-state index is 11.9. The van der Waals surface area contributed by atoms with Gasteiger partial charge in [0, 0.05) is 0 Å². The van der Waals surface area contributed by atoms with Crippen molar-refractivity contribution in [1.82, 2.24) is 0 Å². The summed E-state index contributed by atoms with van der Waals surface area (Å²) in [5, 5.41) is -5.13. The lowest BCUT2D eigenvalue weighted by molar-refractivity contribution is -0.306. The molecule has 18 heavy (non-hydrogen) atoms. The van der Waals surface area contributed by atoms with Crippen LogP contribution < -0.4 is 0 Å². The average molecular weight is 313 g/mol. The van der Waals surface area contributed by atoms with E-state index < -0.39 is 39.8 Å². The van der Waals surface area contributed by atoms with Crippen LogP contribution >= 0.6 is 0 Å². The van der Waals surface area contributed by atoms with Crippen LogP contribution in [0.25, 0.3) is 0 Å². The molecule has 0 aliphatic rings. The summed E-state index contributed by atoms with van der Waals surface area (Å²) >= 11 is 0. The molecule has 0 aliphatic heterocycles. The minimum absolute atomic E-state index is 5.13. The molecule has 1 unspecified atom stereocenters. The van der Waals surface area contributed by atoms with Gasteiger partial charge in [0.25, 0.3) is 0 Å². The van der Waals surface area contributed by atoms with Gasteiger partial charge in [-0.25, -0.2) is 8.42 Å². The van der Waals surface area contributed by atoms with E-state index in [0.29, 0.717) is 0 Å². The van der Waals surface area contributed by atoms with E-state index in [-0.39, 0.29) is 0 Å². The first kappa shape index (κ1) is 17.3. The highest BCUT2D eigenvalue weighted by Crippen LogP contribution is 2.47. The molecule has 3 nitrogen and oxygen atoms in total. The van der Waals surface area contributed by atoms with Gasteiger partial charge >= 0.3 is 18.5 Å². The highest BCUT2D eigenvalue weighted by atomic mass is 32.2. The van der Waals surface area contributed by atoms with Crippen molar-refractivity contribution in [3.63, 3.8) is 0 Å². The lowest BCUT2D eigenvalue weighted by Gasteiger charge is -2.33. The van der Waals surface area contributed by atoms with Gasteiger partial charge in [-0.3, -0.25) is 0 Å². The van der Waals surface area contributed by atoms with Crippen LogP contribution in [0.4, 0.5) is 39.5 Å². The van der Waals surface area contributed by atoms with E-state index in [1.165, 1.54) is 0 Å². The zero-order chi connectivity index (χ0) is 15.2. The monoisotopic (exact) mass is 313 g/mol. The van der Waals surface area contributed by atoms with Gasteiger partial charge in [0.15, 0.2) is 11.2 Å². The zero-order valence-corrected chi connectivity index (χ0v) is 8.51.